The second-order valence-corrected chi connectivity index (χ2v) is 9.35. The van der Waals surface area contributed by atoms with Gasteiger partial charge in [0.15, 0.2) is 0 Å². The molecule has 8 heteroatoms. The van der Waals surface area contributed by atoms with E-state index in [-0.39, 0.29) is 11.9 Å². The number of rotatable bonds is 13. The predicted molar refractivity (Wildman–Crippen MR) is 140 cm³/mol. The highest BCUT2D eigenvalue weighted by molar-refractivity contribution is 5.88. The number of aromatic nitrogens is 2. The first kappa shape index (κ1) is 25.8. The van der Waals surface area contributed by atoms with Crippen LogP contribution in [0.25, 0.3) is 10.9 Å². The third-order valence-corrected chi connectivity index (χ3v) is 6.48. The first-order chi connectivity index (χ1) is 17.5. The summed E-state index contributed by atoms with van der Waals surface area (Å²) in [7, 11) is 3.69. The van der Waals surface area contributed by atoms with Gasteiger partial charge in [0.1, 0.15) is 18.7 Å². The summed E-state index contributed by atoms with van der Waals surface area (Å²) < 4.78 is 11.3. The number of ether oxygens (including phenoxy) is 2. The molecular weight excluding hydrogens is 454 g/mol. The Morgan fingerprint density at radius 3 is 2.78 bits per heavy atom. The van der Waals surface area contributed by atoms with E-state index in [1.165, 1.54) is 6.33 Å². The largest absolute Gasteiger partial charge is 0.491 e. The van der Waals surface area contributed by atoms with Crippen LogP contribution in [0.3, 0.4) is 0 Å². The fourth-order valence-electron chi connectivity index (χ4n) is 4.04. The normalized spacial score (nSPS) is 15.3. The third kappa shape index (κ3) is 6.66. The van der Waals surface area contributed by atoms with Gasteiger partial charge in [-0.1, -0.05) is 36.4 Å². The molecule has 4 rings (SSSR count). The van der Waals surface area contributed by atoms with E-state index in [0.29, 0.717) is 19.8 Å². The molecule has 3 aromatic rings. The fraction of sp³-hybridized carbons (Fsp3) is 0.393. The summed E-state index contributed by atoms with van der Waals surface area (Å²) >= 11 is 0. The zero-order chi connectivity index (χ0) is 25.4. The van der Waals surface area contributed by atoms with Crippen LogP contribution < -0.4 is 10.2 Å². The topological polar surface area (TPSA) is 79.8 Å². The number of hydrogen-bond acceptors (Lipinski definition) is 7. The SMILES string of the molecule is COCCN(C)C/C=C/C(=O)N(N[C@H](C)c1ccccc1)C1(COc2ccc3ncncc3c2)CC1. The number of carbonyl (C=O) groups is 1. The van der Waals surface area contributed by atoms with Gasteiger partial charge in [-0.3, -0.25) is 9.80 Å². The van der Waals surface area contributed by atoms with Gasteiger partial charge in [-0.15, -0.1) is 0 Å². The average molecular weight is 490 g/mol. The second kappa shape index (κ2) is 12.1. The van der Waals surface area contributed by atoms with Gasteiger partial charge in [-0.05, 0) is 50.6 Å². The van der Waals surface area contributed by atoms with Crippen LogP contribution in [0.15, 0.2) is 73.2 Å². The van der Waals surface area contributed by atoms with Crippen LogP contribution in [0.5, 0.6) is 5.75 Å². The van der Waals surface area contributed by atoms with Crippen molar-refractivity contribution in [3.8, 4) is 5.75 Å². The fourth-order valence-corrected chi connectivity index (χ4v) is 4.04. The molecular formula is C28H35N5O3. The van der Waals surface area contributed by atoms with E-state index in [1.807, 2.05) is 49.5 Å². The zero-order valence-corrected chi connectivity index (χ0v) is 21.3. The van der Waals surface area contributed by atoms with Crippen LogP contribution in [0.4, 0.5) is 0 Å². The summed E-state index contributed by atoms with van der Waals surface area (Å²) in [5, 5.41) is 2.70. The molecule has 0 radical (unpaired) electrons. The highest BCUT2D eigenvalue weighted by Gasteiger charge is 2.51. The number of nitrogens with zero attached hydrogens (tertiary/aromatic N) is 4. The maximum Gasteiger partial charge on any atom is 0.261 e. The Morgan fingerprint density at radius 1 is 1.22 bits per heavy atom. The van der Waals surface area contributed by atoms with Crippen molar-refractivity contribution in [2.75, 3.05) is 40.5 Å². The number of fused-ring (bicyclic) bond motifs is 1. The summed E-state index contributed by atoms with van der Waals surface area (Å²) in [5.74, 6) is 0.660. The molecule has 1 atom stereocenters. The molecule has 1 amide bonds. The van der Waals surface area contributed by atoms with E-state index in [9.17, 15) is 4.79 Å². The van der Waals surface area contributed by atoms with Crippen molar-refractivity contribution in [2.45, 2.75) is 31.3 Å². The van der Waals surface area contributed by atoms with Crippen LogP contribution >= 0.6 is 0 Å². The molecule has 190 valence electrons. The minimum absolute atomic E-state index is 0.0387. The standard InChI is InChI=1S/C28H35N5O3/c1-22(23-8-5-4-6-9-23)31-33(27(34)10-7-15-32(2)16-17-35-3)28(13-14-28)20-36-25-11-12-26-24(18-25)19-29-21-30-26/h4-12,18-19,21-22,31H,13-17,20H2,1-3H3/b10-7+/t22-/m1/s1. The first-order valence-corrected chi connectivity index (χ1v) is 12.3. The molecule has 36 heavy (non-hydrogen) atoms. The van der Waals surface area contributed by atoms with Gasteiger partial charge in [-0.25, -0.2) is 15.4 Å². The molecule has 0 spiro atoms. The summed E-state index contributed by atoms with van der Waals surface area (Å²) in [6.07, 6.45) is 8.60. The van der Waals surface area contributed by atoms with E-state index >= 15 is 0 Å². The van der Waals surface area contributed by atoms with Crippen molar-refractivity contribution in [3.05, 3.63) is 78.8 Å². The van der Waals surface area contributed by atoms with Gasteiger partial charge in [0, 0.05) is 43.9 Å². The lowest BCUT2D eigenvalue weighted by atomic mass is 10.1. The van der Waals surface area contributed by atoms with Crippen molar-refractivity contribution in [1.82, 2.24) is 25.3 Å². The van der Waals surface area contributed by atoms with Gasteiger partial charge in [0.25, 0.3) is 5.91 Å². The van der Waals surface area contributed by atoms with Gasteiger partial charge in [-0.2, -0.15) is 0 Å². The maximum absolute atomic E-state index is 13.4. The number of nitrogens with one attached hydrogen (secondary N) is 1. The summed E-state index contributed by atoms with van der Waals surface area (Å²) in [6.45, 7) is 4.59. The van der Waals surface area contributed by atoms with Crippen LogP contribution in [-0.2, 0) is 9.53 Å². The highest BCUT2D eigenvalue weighted by atomic mass is 16.5. The van der Waals surface area contributed by atoms with Crippen LogP contribution in [0.1, 0.15) is 31.4 Å². The predicted octanol–water partition coefficient (Wildman–Crippen LogP) is 3.77. The summed E-state index contributed by atoms with van der Waals surface area (Å²) in [6, 6.07) is 15.9. The molecule has 2 aromatic carbocycles. The minimum Gasteiger partial charge on any atom is -0.491 e. The Balaban J connectivity index is 1.47. The third-order valence-electron chi connectivity index (χ3n) is 6.48. The van der Waals surface area contributed by atoms with E-state index in [4.69, 9.17) is 9.47 Å². The molecule has 1 heterocycles. The Kier molecular flexibility index (Phi) is 8.64. The number of likely N-dealkylation sites (N-methyl/N-ethyl adjacent to an activating group) is 1. The number of hydrogen-bond donors (Lipinski definition) is 1. The molecule has 1 fully saturated rings. The summed E-state index contributed by atoms with van der Waals surface area (Å²) in [4.78, 5) is 23.9. The van der Waals surface area contributed by atoms with Crippen molar-refractivity contribution in [1.29, 1.82) is 0 Å². The maximum atomic E-state index is 13.4. The van der Waals surface area contributed by atoms with Gasteiger partial charge >= 0.3 is 0 Å². The molecule has 8 nitrogen and oxygen atoms in total. The molecule has 1 aliphatic carbocycles. The number of benzene rings is 2. The van der Waals surface area contributed by atoms with Crippen molar-refractivity contribution in [2.24, 2.45) is 0 Å². The van der Waals surface area contributed by atoms with Crippen LogP contribution in [0.2, 0.25) is 0 Å². The summed E-state index contributed by atoms with van der Waals surface area (Å²) in [5.41, 5.74) is 5.05. The van der Waals surface area contributed by atoms with Gasteiger partial charge < -0.3 is 14.4 Å². The molecule has 0 bridgehead atoms. The van der Waals surface area contributed by atoms with E-state index < -0.39 is 5.54 Å². The molecule has 0 unspecified atom stereocenters. The molecule has 1 N–H and O–H groups in total. The van der Waals surface area contributed by atoms with Gasteiger partial charge in [0.05, 0.1) is 17.7 Å². The van der Waals surface area contributed by atoms with Crippen molar-refractivity contribution >= 4 is 16.8 Å². The monoisotopic (exact) mass is 489 g/mol. The number of methoxy groups -OCH3 is 1. The van der Waals surface area contributed by atoms with E-state index in [2.05, 4.69) is 39.4 Å². The molecule has 1 aliphatic rings. The smallest absolute Gasteiger partial charge is 0.261 e. The van der Waals surface area contributed by atoms with Crippen LogP contribution in [-0.4, -0.2) is 71.8 Å². The minimum atomic E-state index is -0.408. The van der Waals surface area contributed by atoms with Crippen molar-refractivity contribution < 1.29 is 14.3 Å². The Labute approximate surface area is 212 Å². The number of carbonyl (C=O) groups excluding carboxylic acids is 1. The lowest BCUT2D eigenvalue weighted by Crippen LogP contribution is -2.53. The zero-order valence-electron chi connectivity index (χ0n) is 21.3. The first-order valence-electron chi connectivity index (χ1n) is 12.3. The van der Waals surface area contributed by atoms with E-state index in [0.717, 1.165) is 41.6 Å². The van der Waals surface area contributed by atoms with Crippen molar-refractivity contribution in [3.63, 3.8) is 0 Å². The lowest BCUT2D eigenvalue weighted by Gasteiger charge is -2.34. The second-order valence-electron chi connectivity index (χ2n) is 9.35. The average Bonchev–Trinajstić information content (AvgIpc) is 3.70. The Bertz CT molecular complexity index is 1170. The Hall–Kier alpha value is -3.33. The number of amides is 1. The van der Waals surface area contributed by atoms with Crippen LogP contribution in [0, 0.1) is 0 Å². The molecule has 1 saturated carbocycles. The molecule has 0 aliphatic heterocycles. The lowest BCUT2D eigenvalue weighted by molar-refractivity contribution is -0.135. The van der Waals surface area contributed by atoms with Gasteiger partial charge in [0.2, 0.25) is 0 Å². The van der Waals surface area contributed by atoms with E-state index in [1.54, 1.807) is 24.4 Å². The Morgan fingerprint density at radius 2 is 2.03 bits per heavy atom. The highest BCUT2D eigenvalue weighted by Crippen LogP contribution is 2.42. The molecule has 1 aromatic heterocycles. The number of hydrazine groups is 1. The molecule has 0 saturated heterocycles. The quantitative estimate of drug-likeness (QED) is 0.289.